The van der Waals surface area contributed by atoms with Crippen molar-refractivity contribution in [1.29, 1.82) is 0 Å². The molecule has 1 unspecified atom stereocenters. The molecule has 0 saturated heterocycles. The van der Waals surface area contributed by atoms with Crippen LogP contribution in [-0.4, -0.2) is 23.7 Å². The molecule has 1 aliphatic heterocycles. The van der Waals surface area contributed by atoms with Gasteiger partial charge in [0.25, 0.3) is 5.69 Å². The fourth-order valence-corrected chi connectivity index (χ4v) is 2.87. The standard InChI is InChI=1S/C17H11F3N2O4/c1-21-13-7-6-11(22(25)26)8-12(13)15(23)14(16(21)24)9-2-4-10(5-3-9)17(18,19)20/h2-8,14H,1H3. The highest BCUT2D eigenvalue weighted by atomic mass is 19.4. The van der Waals surface area contributed by atoms with Crippen molar-refractivity contribution in [3.8, 4) is 0 Å². The Morgan fingerprint density at radius 3 is 2.23 bits per heavy atom. The summed E-state index contributed by atoms with van der Waals surface area (Å²) in [5.41, 5.74) is -0.927. The monoisotopic (exact) mass is 364 g/mol. The average Bonchev–Trinajstić information content (AvgIpc) is 2.59. The summed E-state index contributed by atoms with van der Waals surface area (Å²) in [5.74, 6) is -2.65. The number of nitrogens with zero attached hydrogens (tertiary/aromatic N) is 2. The number of benzene rings is 2. The van der Waals surface area contributed by atoms with Crippen LogP contribution in [0.25, 0.3) is 0 Å². The molecule has 6 nitrogen and oxygen atoms in total. The van der Waals surface area contributed by atoms with Crippen LogP contribution in [-0.2, 0) is 11.0 Å². The van der Waals surface area contributed by atoms with E-state index in [1.165, 1.54) is 24.1 Å². The van der Waals surface area contributed by atoms with E-state index in [1.54, 1.807) is 0 Å². The zero-order valence-electron chi connectivity index (χ0n) is 13.3. The SMILES string of the molecule is CN1C(=O)C(c2ccc(C(F)(F)F)cc2)C(=O)c2cc([N+](=O)[O-])ccc21. The summed E-state index contributed by atoms with van der Waals surface area (Å²) >= 11 is 0. The number of carbonyl (C=O) groups excluding carboxylic acids is 2. The molecule has 3 rings (SSSR count). The third-order valence-corrected chi connectivity index (χ3v) is 4.23. The Balaban J connectivity index is 2.07. The number of ketones is 1. The van der Waals surface area contributed by atoms with Crippen molar-refractivity contribution in [2.75, 3.05) is 11.9 Å². The van der Waals surface area contributed by atoms with Gasteiger partial charge in [-0.25, -0.2) is 0 Å². The van der Waals surface area contributed by atoms with E-state index in [-0.39, 0.29) is 22.5 Å². The minimum absolute atomic E-state index is 0.0220. The topological polar surface area (TPSA) is 80.5 Å². The highest BCUT2D eigenvalue weighted by Gasteiger charge is 2.40. The van der Waals surface area contributed by atoms with Crippen LogP contribution in [0.4, 0.5) is 24.5 Å². The number of likely N-dealkylation sites (N-methyl/N-ethyl adjacent to an activating group) is 1. The predicted octanol–water partition coefficient (Wildman–Crippen LogP) is 3.56. The lowest BCUT2D eigenvalue weighted by Gasteiger charge is -2.30. The zero-order chi connectivity index (χ0) is 19.2. The van der Waals surface area contributed by atoms with E-state index in [4.69, 9.17) is 0 Å². The first-order valence-electron chi connectivity index (χ1n) is 7.38. The Morgan fingerprint density at radius 2 is 1.69 bits per heavy atom. The van der Waals surface area contributed by atoms with Crippen LogP contribution in [0.1, 0.15) is 27.4 Å². The summed E-state index contributed by atoms with van der Waals surface area (Å²) in [6.45, 7) is 0. The van der Waals surface area contributed by atoms with Gasteiger partial charge in [-0.2, -0.15) is 13.2 Å². The highest BCUT2D eigenvalue weighted by Crippen LogP contribution is 2.37. The Kier molecular flexibility index (Phi) is 4.02. The first kappa shape index (κ1) is 17.6. The molecule has 134 valence electrons. The van der Waals surface area contributed by atoms with Gasteiger partial charge >= 0.3 is 6.18 Å². The fraction of sp³-hybridized carbons (Fsp3) is 0.176. The molecule has 0 aliphatic carbocycles. The number of nitro groups is 1. The van der Waals surface area contributed by atoms with Gasteiger partial charge < -0.3 is 4.90 Å². The van der Waals surface area contributed by atoms with Crippen LogP contribution in [0, 0.1) is 10.1 Å². The van der Waals surface area contributed by atoms with Crippen LogP contribution in [0.5, 0.6) is 0 Å². The van der Waals surface area contributed by atoms with E-state index in [0.29, 0.717) is 0 Å². The second-order valence-corrected chi connectivity index (χ2v) is 5.77. The highest BCUT2D eigenvalue weighted by molar-refractivity contribution is 6.25. The van der Waals surface area contributed by atoms with Crippen molar-refractivity contribution < 1.29 is 27.7 Å². The lowest BCUT2D eigenvalue weighted by molar-refractivity contribution is -0.384. The van der Waals surface area contributed by atoms with Gasteiger partial charge in [-0.1, -0.05) is 12.1 Å². The zero-order valence-corrected chi connectivity index (χ0v) is 13.3. The molecule has 2 aromatic rings. The number of Topliss-reactive ketones (excluding diaryl/α,β-unsaturated/α-hetero) is 1. The number of nitro benzene ring substituents is 1. The van der Waals surface area contributed by atoms with Crippen molar-refractivity contribution in [1.82, 2.24) is 0 Å². The third-order valence-electron chi connectivity index (χ3n) is 4.23. The van der Waals surface area contributed by atoms with E-state index in [2.05, 4.69) is 0 Å². The Bertz CT molecular complexity index is 923. The Morgan fingerprint density at radius 1 is 1.08 bits per heavy atom. The van der Waals surface area contributed by atoms with Crippen molar-refractivity contribution in [2.45, 2.75) is 12.1 Å². The molecule has 0 fully saturated rings. The van der Waals surface area contributed by atoms with E-state index in [1.807, 2.05) is 0 Å². The number of carbonyl (C=O) groups is 2. The molecule has 9 heteroatoms. The summed E-state index contributed by atoms with van der Waals surface area (Å²) in [5, 5.41) is 10.9. The smallest absolute Gasteiger partial charge is 0.314 e. The average molecular weight is 364 g/mol. The normalized spacial score (nSPS) is 17.2. The molecule has 0 aromatic heterocycles. The first-order chi connectivity index (χ1) is 12.1. The summed E-state index contributed by atoms with van der Waals surface area (Å²) in [7, 11) is 1.40. The number of amides is 1. The number of halogens is 3. The van der Waals surface area contributed by atoms with Gasteiger partial charge in [-0.05, 0) is 23.8 Å². The minimum atomic E-state index is -4.54. The molecule has 0 bridgehead atoms. The molecular weight excluding hydrogens is 353 g/mol. The number of hydrogen-bond acceptors (Lipinski definition) is 4. The second-order valence-electron chi connectivity index (χ2n) is 5.77. The molecule has 1 atom stereocenters. The summed E-state index contributed by atoms with van der Waals surface area (Å²) in [6.07, 6.45) is -4.54. The molecule has 0 N–H and O–H groups in total. The van der Waals surface area contributed by atoms with Crippen LogP contribution in [0.3, 0.4) is 0 Å². The largest absolute Gasteiger partial charge is 0.416 e. The van der Waals surface area contributed by atoms with Crippen molar-refractivity contribution >= 4 is 23.1 Å². The van der Waals surface area contributed by atoms with E-state index < -0.39 is 34.3 Å². The lowest BCUT2D eigenvalue weighted by atomic mass is 9.85. The Hall–Kier alpha value is -3.23. The van der Waals surface area contributed by atoms with Gasteiger partial charge in [0.1, 0.15) is 5.92 Å². The lowest BCUT2D eigenvalue weighted by Crippen LogP contribution is -2.41. The molecule has 1 aliphatic rings. The van der Waals surface area contributed by atoms with Gasteiger partial charge in [0.05, 0.1) is 16.2 Å². The van der Waals surface area contributed by atoms with Gasteiger partial charge in [-0.3, -0.25) is 19.7 Å². The van der Waals surface area contributed by atoms with E-state index in [0.717, 1.165) is 30.3 Å². The van der Waals surface area contributed by atoms with Crippen molar-refractivity contribution in [2.24, 2.45) is 0 Å². The number of non-ortho nitro benzene ring substituents is 1. The predicted molar refractivity (Wildman–Crippen MR) is 85.0 cm³/mol. The summed E-state index contributed by atoms with van der Waals surface area (Å²) in [4.78, 5) is 36.7. The van der Waals surface area contributed by atoms with Crippen LogP contribution < -0.4 is 4.90 Å². The van der Waals surface area contributed by atoms with Crippen LogP contribution in [0.15, 0.2) is 42.5 Å². The molecule has 2 aromatic carbocycles. The van der Waals surface area contributed by atoms with Crippen molar-refractivity contribution in [3.63, 3.8) is 0 Å². The van der Waals surface area contributed by atoms with E-state index >= 15 is 0 Å². The number of fused-ring (bicyclic) bond motifs is 1. The van der Waals surface area contributed by atoms with E-state index in [9.17, 15) is 32.9 Å². The van der Waals surface area contributed by atoms with Gasteiger partial charge in [0.15, 0.2) is 5.78 Å². The maximum atomic E-state index is 12.7. The van der Waals surface area contributed by atoms with Gasteiger partial charge in [-0.15, -0.1) is 0 Å². The van der Waals surface area contributed by atoms with Gasteiger partial charge in [0, 0.05) is 24.7 Å². The molecule has 26 heavy (non-hydrogen) atoms. The summed E-state index contributed by atoms with van der Waals surface area (Å²) < 4.78 is 38.1. The maximum Gasteiger partial charge on any atom is 0.416 e. The van der Waals surface area contributed by atoms with Gasteiger partial charge in [0.2, 0.25) is 5.91 Å². The maximum absolute atomic E-state index is 12.7. The molecule has 0 spiro atoms. The molecule has 0 radical (unpaired) electrons. The number of rotatable bonds is 2. The molecule has 1 amide bonds. The molecule has 0 saturated carbocycles. The first-order valence-corrected chi connectivity index (χ1v) is 7.38. The quantitative estimate of drug-likeness (QED) is 0.464. The van der Waals surface area contributed by atoms with Crippen molar-refractivity contribution in [3.05, 3.63) is 69.3 Å². The second kappa shape index (κ2) is 5.94. The summed E-state index contributed by atoms with van der Waals surface area (Å²) in [6, 6.07) is 7.26. The number of hydrogen-bond donors (Lipinski definition) is 0. The molecular formula is C17H11F3N2O4. The van der Waals surface area contributed by atoms with Crippen LogP contribution >= 0.6 is 0 Å². The minimum Gasteiger partial charge on any atom is -0.314 e. The third kappa shape index (κ3) is 2.81. The van der Waals surface area contributed by atoms with Crippen LogP contribution in [0.2, 0.25) is 0 Å². The number of anilines is 1. The Labute approximate surface area is 145 Å². The fourth-order valence-electron chi connectivity index (χ4n) is 2.87. The number of alkyl halides is 3. The molecule has 1 heterocycles.